The van der Waals surface area contributed by atoms with Crippen LogP contribution in [0, 0.1) is 28.1 Å². The Morgan fingerprint density at radius 1 is 0.979 bits per heavy atom. The molecule has 5 rings (SSSR count). The average Bonchev–Trinajstić information content (AvgIpc) is 3.77. The van der Waals surface area contributed by atoms with Crippen LogP contribution in [0.4, 0.5) is 0 Å². The molecule has 0 radical (unpaired) electrons. The molecule has 2 heterocycles. The third-order valence-corrected chi connectivity index (χ3v) is 12.3. The van der Waals surface area contributed by atoms with E-state index in [2.05, 4.69) is 6.92 Å². The zero-order chi connectivity index (χ0) is 35.3. The summed E-state index contributed by atoms with van der Waals surface area (Å²) in [6.45, 7) is 14.5. The topological polar surface area (TPSA) is 137 Å². The summed E-state index contributed by atoms with van der Waals surface area (Å²) < 4.78 is 42.5. The third kappa shape index (κ3) is 5.50. The molecule has 4 aliphatic rings. The molecule has 11 nitrogen and oxygen atoms in total. The van der Waals surface area contributed by atoms with Crippen molar-refractivity contribution in [3.8, 4) is 0 Å². The zero-order valence-electron chi connectivity index (χ0n) is 29.7. The number of rotatable bonds is 9. The molecular weight excluding hydrogens is 620 g/mol. The van der Waals surface area contributed by atoms with E-state index in [1.54, 1.807) is 39.6 Å². The number of hydrogen-bond donors (Lipinski definition) is 0. The van der Waals surface area contributed by atoms with Gasteiger partial charge in [-0.05, 0) is 50.3 Å². The molecule has 2 saturated carbocycles. The van der Waals surface area contributed by atoms with E-state index in [4.69, 9.17) is 32.8 Å². The number of carbonyl (C=O) groups is 4. The second-order valence-corrected chi connectivity index (χ2v) is 14.6. The summed E-state index contributed by atoms with van der Waals surface area (Å²) in [4.78, 5) is 52.6. The molecule has 11 atom stereocenters. The Bertz CT molecular complexity index is 1490. The van der Waals surface area contributed by atoms with E-state index in [1.165, 1.54) is 21.0 Å². The molecule has 3 aliphatic carbocycles. The lowest BCUT2D eigenvalue weighted by Gasteiger charge is -2.66. The first-order chi connectivity index (χ1) is 22.6. The molecule has 0 aromatic carbocycles. The summed E-state index contributed by atoms with van der Waals surface area (Å²) in [6, 6.07) is 1.93. The van der Waals surface area contributed by atoms with E-state index in [9.17, 15) is 19.2 Å². The SMILES string of the molecule is C/C=C(\C)C(=O)O[C@@H]1[C@@H]2OC[C@]3(C)[C@H](OC(C)=O)C[C@H](OC(C)=O)[C@@](C)([C@@H]23)[C@@H](CC(=O)OC)[C@]1(C)C1=C(C)C(c2ccoc2)C[C@@H]1OC. The largest absolute Gasteiger partial charge is 0.472 e. The summed E-state index contributed by atoms with van der Waals surface area (Å²) in [5.74, 6) is -3.06. The maximum absolute atomic E-state index is 13.8. The number of allylic oxidation sites excluding steroid dienone is 2. The molecule has 0 N–H and O–H groups in total. The van der Waals surface area contributed by atoms with Gasteiger partial charge >= 0.3 is 23.9 Å². The fourth-order valence-corrected chi connectivity index (χ4v) is 10.1. The Balaban J connectivity index is 1.83. The predicted octanol–water partition coefficient (Wildman–Crippen LogP) is 5.47. The molecule has 0 bridgehead atoms. The highest BCUT2D eigenvalue weighted by Gasteiger charge is 2.77. The number of carbonyl (C=O) groups excluding carboxylic acids is 4. The molecule has 0 amide bonds. The monoisotopic (exact) mass is 670 g/mol. The number of methoxy groups -OCH3 is 2. The molecule has 264 valence electrons. The number of ether oxygens (including phenoxy) is 6. The van der Waals surface area contributed by atoms with Crippen molar-refractivity contribution in [2.45, 2.75) is 111 Å². The van der Waals surface area contributed by atoms with E-state index in [0.717, 1.165) is 16.7 Å². The quantitative estimate of drug-likeness (QED) is 0.143. The lowest BCUT2D eigenvalue weighted by atomic mass is 9.39. The van der Waals surface area contributed by atoms with Gasteiger partial charge in [-0.25, -0.2) is 4.79 Å². The highest BCUT2D eigenvalue weighted by molar-refractivity contribution is 5.88. The molecule has 1 aromatic heterocycles. The van der Waals surface area contributed by atoms with Gasteiger partial charge in [-0.3, -0.25) is 14.4 Å². The standard InChI is InChI=1S/C37H50O11/c1-11-19(2)34(41)48-33-31-32-35(6,18-45-31)27(46-21(4)38)16-28(47-22(5)39)36(32,7)26(15-29(40)43-10)37(33,8)30-20(3)24(14-25(30)42-9)23-12-13-44-17-23/h11-13,17,24-28,31-33H,14-16,18H2,1-10H3/b19-11+/t24?,25-,26+,27+,28-,31+,32-,33+,35+,36-,37+/m0/s1. The summed E-state index contributed by atoms with van der Waals surface area (Å²) in [5, 5.41) is 0. The van der Waals surface area contributed by atoms with E-state index in [-0.39, 0.29) is 25.4 Å². The molecule has 11 heteroatoms. The number of hydrogen-bond acceptors (Lipinski definition) is 11. The van der Waals surface area contributed by atoms with Crippen molar-refractivity contribution in [2.24, 2.45) is 28.1 Å². The second-order valence-electron chi connectivity index (χ2n) is 14.6. The van der Waals surface area contributed by atoms with Crippen molar-refractivity contribution in [3.63, 3.8) is 0 Å². The number of furan rings is 1. The van der Waals surface area contributed by atoms with Gasteiger partial charge in [0.05, 0.1) is 38.5 Å². The fourth-order valence-electron chi connectivity index (χ4n) is 10.1. The molecule has 1 aliphatic heterocycles. The van der Waals surface area contributed by atoms with Gasteiger partial charge in [0.2, 0.25) is 0 Å². The maximum atomic E-state index is 13.8. The van der Waals surface area contributed by atoms with E-state index in [0.29, 0.717) is 12.0 Å². The van der Waals surface area contributed by atoms with Gasteiger partial charge in [0, 0.05) is 67.5 Å². The molecule has 3 fully saturated rings. The Kier molecular flexibility index (Phi) is 9.80. The Labute approximate surface area is 282 Å². The van der Waals surface area contributed by atoms with Crippen LogP contribution in [-0.4, -0.2) is 75.2 Å². The van der Waals surface area contributed by atoms with Crippen molar-refractivity contribution in [3.05, 3.63) is 47.0 Å². The third-order valence-electron chi connectivity index (χ3n) is 12.3. The van der Waals surface area contributed by atoms with E-state index >= 15 is 0 Å². The van der Waals surface area contributed by atoms with Gasteiger partial charge in [0.25, 0.3) is 0 Å². The van der Waals surface area contributed by atoms with Gasteiger partial charge in [0.15, 0.2) is 0 Å². The zero-order valence-corrected chi connectivity index (χ0v) is 29.7. The highest BCUT2D eigenvalue weighted by atomic mass is 16.6. The lowest BCUT2D eigenvalue weighted by Crippen LogP contribution is -2.72. The Morgan fingerprint density at radius 3 is 2.21 bits per heavy atom. The number of esters is 4. The van der Waals surface area contributed by atoms with E-state index in [1.807, 2.05) is 26.8 Å². The first-order valence-corrected chi connectivity index (χ1v) is 16.7. The molecule has 1 saturated heterocycles. The van der Waals surface area contributed by atoms with Gasteiger partial charge in [0.1, 0.15) is 18.3 Å². The smallest absolute Gasteiger partial charge is 0.333 e. The predicted molar refractivity (Wildman–Crippen MR) is 172 cm³/mol. The van der Waals surface area contributed by atoms with Crippen molar-refractivity contribution in [1.82, 2.24) is 0 Å². The minimum Gasteiger partial charge on any atom is -0.472 e. The minimum atomic E-state index is -1.09. The molecule has 48 heavy (non-hydrogen) atoms. The van der Waals surface area contributed by atoms with Crippen LogP contribution in [0.2, 0.25) is 0 Å². The van der Waals surface area contributed by atoms with Gasteiger partial charge < -0.3 is 32.8 Å². The van der Waals surface area contributed by atoms with Gasteiger partial charge in [-0.15, -0.1) is 0 Å². The summed E-state index contributed by atoms with van der Waals surface area (Å²) >= 11 is 0. The normalized spacial score (nSPS) is 39.1. The highest BCUT2D eigenvalue weighted by Crippen LogP contribution is 2.72. The Morgan fingerprint density at radius 2 is 1.65 bits per heavy atom. The summed E-state index contributed by atoms with van der Waals surface area (Å²) in [7, 11) is 3.00. The Hall–Kier alpha value is -3.44. The molecule has 0 spiro atoms. The molecule has 1 aromatic rings. The fraction of sp³-hybridized carbons (Fsp3) is 0.676. The van der Waals surface area contributed by atoms with Crippen LogP contribution in [0.5, 0.6) is 0 Å². The van der Waals surface area contributed by atoms with Crippen LogP contribution in [0.25, 0.3) is 0 Å². The van der Waals surface area contributed by atoms with Gasteiger partial charge in [-0.2, -0.15) is 0 Å². The molecule has 1 unspecified atom stereocenters. The van der Waals surface area contributed by atoms with Crippen molar-refractivity contribution >= 4 is 23.9 Å². The lowest BCUT2D eigenvalue weighted by molar-refractivity contribution is -0.260. The van der Waals surface area contributed by atoms with Crippen LogP contribution in [0.3, 0.4) is 0 Å². The maximum Gasteiger partial charge on any atom is 0.333 e. The molecular formula is C37H50O11. The van der Waals surface area contributed by atoms with Crippen LogP contribution in [-0.2, 0) is 47.6 Å². The minimum absolute atomic E-state index is 0.0582. The van der Waals surface area contributed by atoms with Gasteiger partial charge in [-0.1, -0.05) is 32.4 Å². The first-order valence-electron chi connectivity index (χ1n) is 16.7. The van der Waals surface area contributed by atoms with E-state index < -0.39 is 82.5 Å². The second kappa shape index (κ2) is 13.1. The van der Waals surface area contributed by atoms with Crippen molar-refractivity contribution < 1.29 is 52.0 Å². The summed E-state index contributed by atoms with van der Waals surface area (Å²) in [5.41, 5.74) is 0.531. The first kappa shape index (κ1) is 35.9. The van der Waals surface area contributed by atoms with Crippen LogP contribution in [0.1, 0.15) is 86.1 Å². The van der Waals surface area contributed by atoms with Crippen LogP contribution in [0.15, 0.2) is 45.8 Å². The van der Waals surface area contributed by atoms with Crippen molar-refractivity contribution in [1.29, 1.82) is 0 Å². The van der Waals surface area contributed by atoms with Crippen LogP contribution >= 0.6 is 0 Å². The van der Waals surface area contributed by atoms with Crippen molar-refractivity contribution in [2.75, 3.05) is 20.8 Å². The summed E-state index contributed by atoms with van der Waals surface area (Å²) in [6.07, 6.45) is 2.33. The van der Waals surface area contributed by atoms with Crippen LogP contribution < -0.4 is 0 Å². The average molecular weight is 671 g/mol.